The van der Waals surface area contributed by atoms with Crippen molar-refractivity contribution in [1.29, 1.82) is 0 Å². The van der Waals surface area contributed by atoms with Gasteiger partial charge in [0.15, 0.2) is 0 Å². The molecule has 0 aliphatic heterocycles. The molecule has 2 atom stereocenters. The topological polar surface area (TPSA) is 63.8 Å². The average Bonchev–Trinajstić information content (AvgIpc) is 2.40. The van der Waals surface area contributed by atoms with Crippen molar-refractivity contribution < 1.29 is 0 Å². The normalized spacial score (nSPS) is 23.9. The van der Waals surface area contributed by atoms with Crippen LogP contribution in [0.1, 0.15) is 37.1 Å². The zero-order chi connectivity index (χ0) is 13.0. The molecule has 0 aromatic carbocycles. The number of nitrogens with two attached hydrogens (primary N) is 1. The monoisotopic (exact) mass is 248 g/mol. The van der Waals surface area contributed by atoms with Crippen LogP contribution < -0.4 is 11.1 Å². The van der Waals surface area contributed by atoms with Gasteiger partial charge in [0.1, 0.15) is 5.82 Å². The summed E-state index contributed by atoms with van der Waals surface area (Å²) in [6, 6.07) is 0. The van der Waals surface area contributed by atoms with Crippen LogP contribution >= 0.6 is 0 Å². The van der Waals surface area contributed by atoms with E-state index in [0.717, 1.165) is 30.3 Å². The second-order valence-corrected chi connectivity index (χ2v) is 5.35. The summed E-state index contributed by atoms with van der Waals surface area (Å²) in [6.07, 6.45) is 7.06. The highest BCUT2D eigenvalue weighted by atomic mass is 15.0. The van der Waals surface area contributed by atoms with Crippen LogP contribution in [-0.2, 0) is 0 Å². The average molecular weight is 248 g/mol. The van der Waals surface area contributed by atoms with Crippen LogP contribution in [0, 0.1) is 25.7 Å². The summed E-state index contributed by atoms with van der Waals surface area (Å²) in [5.74, 6) is 2.25. The van der Waals surface area contributed by atoms with Gasteiger partial charge >= 0.3 is 0 Å². The summed E-state index contributed by atoms with van der Waals surface area (Å²) in [7, 11) is 0. The molecule has 0 amide bonds. The highest BCUT2D eigenvalue weighted by Crippen LogP contribution is 2.29. The first kappa shape index (κ1) is 13.3. The third kappa shape index (κ3) is 3.19. The third-order valence-corrected chi connectivity index (χ3v) is 4.11. The van der Waals surface area contributed by atoms with Gasteiger partial charge in [-0.3, -0.25) is 4.98 Å². The van der Waals surface area contributed by atoms with Crippen molar-refractivity contribution >= 4 is 5.82 Å². The predicted molar refractivity (Wildman–Crippen MR) is 74.5 cm³/mol. The quantitative estimate of drug-likeness (QED) is 0.858. The number of nitrogens with zero attached hydrogens (tertiary/aromatic N) is 2. The third-order valence-electron chi connectivity index (χ3n) is 4.11. The molecular weight excluding hydrogens is 224 g/mol. The molecule has 1 heterocycles. The Morgan fingerprint density at radius 2 is 1.94 bits per heavy atom. The molecule has 0 spiro atoms. The molecule has 1 aromatic heterocycles. The fourth-order valence-corrected chi connectivity index (χ4v) is 2.73. The Morgan fingerprint density at radius 3 is 2.61 bits per heavy atom. The smallest absolute Gasteiger partial charge is 0.144 e. The highest BCUT2D eigenvalue weighted by molar-refractivity contribution is 5.33. The first-order valence-electron chi connectivity index (χ1n) is 6.95. The highest BCUT2D eigenvalue weighted by Gasteiger charge is 2.23. The number of aromatic nitrogens is 2. The van der Waals surface area contributed by atoms with Crippen LogP contribution in [0.2, 0.25) is 0 Å². The molecule has 1 fully saturated rings. The van der Waals surface area contributed by atoms with E-state index in [1.807, 2.05) is 20.0 Å². The molecule has 0 radical (unpaired) electrons. The standard InChI is InChI=1S/C14H24N4/c1-10-11(2)18-14(9-16-10)17-8-13-6-4-3-5-12(13)7-15/h9,12-13H,3-8,15H2,1-2H3,(H,17,18). The van der Waals surface area contributed by atoms with Crippen LogP contribution in [0.25, 0.3) is 0 Å². The maximum Gasteiger partial charge on any atom is 0.144 e. The van der Waals surface area contributed by atoms with Crippen molar-refractivity contribution in [3.05, 3.63) is 17.6 Å². The van der Waals surface area contributed by atoms with Gasteiger partial charge in [-0.25, -0.2) is 4.98 Å². The van der Waals surface area contributed by atoms with Gasteiger partial charge in [-0.05, 0) is 45.1 Å². The SMILES string of the molecule is Cc1ncc(NCC2CCCCC2CN)nc1C. The van der Waals surface area contributed by atoms with Crippen LogP contribution in [0.5, 0.6) is 0 Å². The lowest BCUT2D eigenvalue weighted by Gasteiger charge is -2.30. The minimum atomic E-state index is 0.672. The molecule has 4 heteroatoms. The lowest BCUT2D eigenvalue weighted by Crippen LogP contribution is -2.31. The van der Waals surface area contributed by atoms with E-state index in [4.69, 9.17) is 5.73 Å². The maximum absolute atomic E-state index is 5.85. The number of nitrogens with one attached hydrogen (secondary N) is 1. The van der Waals surface area contributed by atoms with Crippen molar-refractivity contribution in [2.24, 2.45) is 17.6 Å². The van der Waals surface area contributed by atoms with E-state index >= 15 is 0 Å². The predicted octanol–water partition coefficient (Wildman–Crippen LogP) is 2.27. The van der Waals surface area contributed by atoms with Gasteiger partial charge in [-0.15, -0.1) is 0 Å². The number of aryl methyl sites for hydroxylation is 2. The number of anilines is 1. The van der Waals surface area contributed by atoms with Crippen LogP contribution in [-0.4, -0.2) is 23.1 Å². The van der Waals surface area contributed by atoms with E-state index in [2.05, 4.69) is 15.3 Å². The van der Waals surface area contributed by atoms with Gasteiger partial charge in [0, 0.05) is 6.54 Å². The molecule has 2 rings (SSSR count). The molecule has 2 unspecified atom stereocenters. The van der Waals surface area contributed by atoms with E-state index in [9.17, 15) is 0 Å². The summed E-state index contributed by atoms with van der Waals surface area (Å²) in [6.45, 7) is 5.76. The van der Waals surface area contributed by atoms with E-state index in [0.29, 0.717) is 11.8 Å². The van der Waals surface area contributed by atoms with Crippen LogP contribution in [0.3, 0.4) is 0 Å². The molecule has 1 aromatic rings. The van der Waals surface area contributed by atoms with Crippen LogP contribution in [0.4, 0.5) is 5.82 Å². The number of hydrogen-bond acceptors (Lipinski definition) is 4. The Balaban J connectivity index is 1.91. The van der Waals surface area contributed by atoms with Crippen molar-refractivity contribution in [2.75, 3.05) is 18.4 Å². The Labute approximate surface area is 109 Å². The minimum absolute atomic E-state index is 0.672. The lowest BCUT2D eigenvalue weighted by atomic mass is 9.79. The van der Waals surface area contributed by atoms with E-state index in [1.165, 1.54) is 25.7 Å². The molecule has 0 bridgehead atoms. The van der Waals surface area contributed by atoms with Gasteiger partial charge < -0.3 is 11.1 Å². The fraction of sp³-hybridized carbons (Fsp3) is 0.714. The Kier molecular flexibility index (Phi) is 4.53. The summed E-state index contributed by atoms with van der Waals surface area (Å²) in [5.41, 5.74) is 7.85. The Hall–Kier alpha value is -1.16. The zero-order valence-electron chi connectivity index (χ0n) is 11.4. The van der Waals surface area contributed by atoms with Crippen molar-refractivity contribution in [1.82, 2.24) is 9.97 Å². The fourth-order valence-electron chi connectivity index (χ4n) is 2.73. The van der Waals surface area contributed by atoms with Crippen molar-refractivity contribution in [2.45, 2.75) is 39.5 Å². The zero-order valence-corrected chi connectivity index (χ0v) is 11.4. The second kappa shape index (κ2) is 6.14. The number of hydrogen-bond donors (Lipinski definition) is 2. The lowest BCUT2D eigenvalue weighted by molar-refractivity contribution is 0.255. The molecule has 0 saturated heterocycles. The summed E-state index contributed by atoms with van der Waals surface area (Å²) >= 11 is 0. The van der Waals surface area contributed by atoms with Gasteiger partial charge in [0.2, 0.25) is 0 Å². The van der Waals surface area contributed by atoms with E-state index < -0.39 is 0 Å². The van der Waals surface area contributed by atoms with Crippen molar-refractivity contribution in [3.63, 3.8) is 0 Å². The molecule has 1 aliphatic rings. The minimum Gasteiger partial charge on any atom is -0.368 e. The van der Waals surface area contributed by atoms with E-state index in [-0.39, 0.29) is 0 Å². The molecule has 1 saturated carbocycles. The van der Waals surface area contributed by atoms with Crippen molar-refractivity contribution in [3.8, 4) is 0 Å². The van der Waals surface area contributed by atoms with Gasteiger partial charge in [0.05, 0.1) is 17.6 Å². The van der Waals surface area contributed by atoms with E-state index in [1.54, 1.807) is 0 Å². The Morgan fingerprint density at radius 1 is 1.22 bits per heavy atom. The molecular formula is C14H24N4. The molecule has 4 nitrogen and oxygen atoms in total. The Bertz CT molecular complexity index is 391. The largest absolute Gasteiger partial charge is 0.368 e. The van der Waals surface area contributed by atoms with Gasteiger partial charge in [-0.1, -0.05) is 12.8 Å². The molecule has 100 valence electrons. The summed E-state index contributed by atoms with van der Waals surface area (Å²) < 4.78 is 0. The molecule has 18 heavy (non-hydrogen) atoms. The first-order chi connectivity index (χ1) is 8.70. The molecule has 3 N–H and O–H groups in total. The summed E-state index contributed by atoms with van der Waals surface area (Å²) in [4.78, 5) is 8.84. The second-order valence-electron chi connectivity index (χ2n) is 5.35. The number of rotatable bonds is 4. The van der Waals surface area contributed by atoms with Gasteiger partial charge in [-0.2, -0.15) is 0 Å². The molecule has 1 aliphatic carbocycles. The summed E-state index contributed by atoms with van der Waals surface area (Å²) in [5, 5.41) is 3.42. The van der Waals surface area contributed by atoms with Gasteiger partial charge in [0.25, 0.3) is 0 Å². The maximum atomic E-state index is 5.85. The first-order valence-corrected chi connectivity index (χ1v) is 6.95. The van der Waals surface area contributed by atoms with Crippen LogP contribution in [0.15, 0.2) is 6.20 Å².